The van der Waals surface area contributed by atoms with Crippen molar-refractivity contribution in [2.24, 2.45) is 0 Å². The summed E-state index contributed by atoms with van der Waals surface area (Å²) in [7, 11) is -4.91. The van der Waals surface area contributed by atoms with Crippen LogP contribution in [0.15, 0.2) is 33.7 Å². The molecule has 0 spiro atoms. The van der Waals surface area contributed by atoms with Crippen LogP contribution in [0.4, 0.5) is 20.2 Å². The number of nitrogens with one attached hydrogen (secondary N) is 1. The van der Waals surface area contributed by atoms with E-state index in [1.165, 1.54) is 0 Å². The minimum atomic E-state index is -4.91. The first kappa shape index (κ1) is 16.8. The number of halogens is 2. The fourth-order valence-corrected chi connectivity index (χ4v) is 2.52. The largest absolute Gasteiger partial charge is 0.374 e. The molecule has 0 saturated heterocycles. The molecule has 0 radical (unpaired) electrons. The highest BCUT2D eigenvalue weighted by atomic mass is 32.2. The number of sulfone groups is 1. The third kappa shape index (κ3) is 3.62. The summed E-state index contributed by atoms with van der Waals surface area (Å²) >= 11 is 0. The van der Waals surface area contributed by atoms with E-state index in [9.17, 15) is 27.3 Å². The van der Waals surface area contributed by atoms with E-state index in [2.05, 4.69) is 10.5 Å². The van der Waals surface area contributed by atoms with Crippen molar-refractivity contribution in [2.45, 2.75) is 24.1 Å². The number of aromatic nitrogens is 1. The summed E-state index contributed by atoms with van der Waals surface area (Å²) in [6.07, 6.45) is 0. The zero-order chi connectivity index (χ0) is 17.2. The molecule has 0 aliphatic carbocycles. The van der Waals surface area contributed by atoms with Crippen LogP contribution in [0.25, 0.3) is 0 Å². The molecule has 8 nitrogen and oxygen atoms in total. The molecule has 1 aromatic heterocycles. The summed E-state index contributed by atoms with van der Waals surface area (Å²) in [5.41, 5.74) is -0.183. The number of nitro benzene ring substituents is 1. The maximum absolute atomic E-state index is 12.5. The van der Waals surface area contributed by atoms with Gasteiger partial charge in [-0.1, -0.05) is 5.16 Å². The summed E-state index contributed by atoms with van der Waals surface area (Å²) < 4.78 is 52.6. The van der Waals surface area contributed by atoms with Gasteiger partial charge in [0, 0.05) is 12.1 Å². The number of rotatable bonds is 6. The minimum absolute atomic E-state index is 0.0242. The van der Waals surface area contributed by atoms with Crippen molar-refractivity contribution < 1.29 is 26.6 Å². The van der Waals surface area contributed by atoms with Gasteiger partial charge >= 0.3 is 5.76 Å². The number of benzene rings is 1. The van der Waals surface area contributed by atoms with E-state index in [0.29, 0.717) is 17.5 Å². The van der Waals surface area contributed by atoms with Crippen molar-refractivity contribution in [3.63, 3.8) is 0 Å². The van der Waals surface area contributed by atoms with Gasteiger partial charge in [0.1, 0.15) is 17.1 Å². The molecular formula is C12H11F2N3O5S. The average Bonchev–Trinajstić information content (AvgIpc) is 2.90. The smallest absolute Gasteiger partial charge is 0.341 e. The van der Waals surface area contributed by atoms with E-state index >= 15 is 0 Å². The second-order valence-corrected chi connectivity index (χ2v) is 6.44. The standard InChI is InChI=1S/C12H11F2N3O5S/c1-7-4-8(16-22-7)6-15-10-3-2-9(5-11(10)17(18)19)23(20,21)12(13)14/h2-5,12,15H,6H2,1H3. The van der Waals surface area contributed by atoms with Crippen LogP contribution in [0.1, 0.15) is 11.5 Å². The molecule has 23 heavy (non-hydrogen) atoms. The Balaban J connectivity index is 2.32. The predicted octanol–water partition coefficient (Wildman–Crippen LogP) is 2.50. The maximum Gasteiger partial charge on any atom is 0.341 e. The molecule has 0 bridgehead atoms. The Labute approximate surface area is 129 Å². The van der Waals surface area contributed by atoms with Gasteiger partial charge in [0.05, 0.1) is 16.4 Å². The molecule has 1 heterocycles. The normalized spacial score (nSPS) is 11.7. The number of nitro groups is 1. The lowest BCUT2D eigenvalue weighted by molar-refractivity contribution is -0.384. The van der Waals surface area contributed by atoms with Crippen LogP contribution in [0.5, 0.6) is 0 Å². The molecule has 0 saturated carbocycles. The number of nitrogens with zero attached hydrogens (tertiary/aromatic N) is 2. The van der Waals surface area contributed by atoms with Crippen LogP contribution >= 0.6 is 0 Å². The Morgan fingerprint density at radius 3 is 2.61 bits per heavy atom. The Bertz CT molecular complexity index is 835. The van der Waals surface area contributed by atoms with E-state index in [4.69, 9.17) is 4.52 Å². The number of hydrogen-bond acceptors (Lipinski definition) is 7. The second-order valence-electron chi connectivity index (χ2n) is 4.52. The Kier molecular flexibility index (Phi) is 4.59. The highest BCUT2D eigenvalue weighted by Crippen LogP contribution is 2.30. The van der Waals surface area contributed by atoms with Crippen molar-refractivity contribution in [1.29, 1.82) is 0 Å². The fourth-order valence-electron chi connectivity index (χ4n) is 1.78. The SMILES string of the molecule is Cc1cc(CNc2ccc(S(=O)(=O)C(F)F)cc2[N+](=O)[O-])no1. The van der Waals surface area contributed by atoms with Crippen LogP contribution < -0.4 is 5.32 Å². The maximum atomic E-state index is 12.5. The molecule has 0 aliphatic heterocycles. The number of hydrogen-bond donors (Lipinski definition) is 1. The fraction of sp³-hybridized carbons (Fsp3) is 0.250. The molecule has 11 heteroatoms. The van der Waals surface area contributed by atoms with Gasteiger partial charge in [0.2, 0.25) is 9.84 Å². The molecular weight excluding hydrogens is 336 g/mol. The van der Waals surface area contributed by atoms with Crippen molar-refractivity contribution in [3.8, 4) is 0 Å². The zero-order valence-corrected chi connectivity index (χ0v) is 12.5. The number of anilines is 1. The second kappa shape index (κ2) is 6.28. The quantitative estimate of drug-likeness (QED) is 0.630. The first-order valence-electron chi connectivity index (χ1n) is 6.18. The van der Waals surface area contributed by atoms with Gasteiger partial charge in [-0.15, -0.1) is 0 Å². The van der Waals surface area contributed by atoms with Gasteiger partial charge in [-0.05, 0) is 19.1 Å². The third-order valence-electron chi connectivity index (χ3n) is 2.87. The lowest BCUT2D eigenvalue weighted by atomic mass is 10.2. The first-order valence-corrected chi connectivity index (χ1v) is 7.73. The summed E-state index contributed by atoms with van der Waals surface area (Å²) in [5.74, 6) is -3.10. The van der Waals surface area contributed by atoms with Gasteiger partial charge in [-0.2, -0.15) is 8.78 Å². The van der Waals surface area contributed by atoms with Crippen LogP contribution in [0.2, 0.25) is 0 Å². The van der Waals surface area contributed by atoms with Crippen LogP contribution in [-0.2, 0) is 16.4 Å². The van der Waals surface area contributed by atoms with Crippen LogP contribution in [0, 0.1) is 17.0 Å². The van der Waals surface area contributed by atoms with Crippen molar-refractivity contribution in [2.75, 3.05) is 5.32 Å². The van der Waals surface area contributed by atoms with Crippen LogP contribution in [0.3, 0.4) is 0 Å². The molecule has 1 aromatic carbocycles. The molecule has 2 aromatic rings. The van der Waals surface area contributed by atoms with Crippen molar-refractivity contribution in [3.05, 3.63) is 45.8 Å². The summed E-state index contributed by atoms with van der Waals surface area (Å²) in [6.45, 7) is 1.75. The highest BCUT2D eigenvalue weighted by molar-refractivity contribution is 7.91. The van der Waals surface area contributed by atoms with E-state index in [0.717, 1.165) is 12.1 Å². The molecule has 0 atom stereocenters. The summed E-state index contributed by atoms with van der Waals surface area (Å²) in [4.78, 5) is 9.36. The number of aryl methyl sites for hydroxylation is 1. The van der Waals surface area contributed by atoms with E-state index in [1.54, 1.807) is 13.0 Å². The molecule has 1 N–H and O–H groups in total. The average molecular weight is 347 g/mol. The highest BCUT2D eigenvalue weighted by Gasteiger charge is 2.29. The minimum Gasteiger partial charge on any atom is -0.374 e. The van der Waals surface area contributed by atoms with Crippen molar-refractivity contribution >= 4 is 21.2 Å². The van der Waals surface area contributed by atoms with Gasteiger partial charge in [-0.25, -0.2) is 8.42 Å². The topological polar surface area (TPSA) is 115 Å². The zero-order valence-electron chi connectivity index (χ0n) is 11.7. The molecule has 0 aliphatic rings. The Morgan fingerprint density at radius 2 is 2.09 bits per heavy atom. The molecule has 2 rings (SSSR count). The molecule has 0 amide bonds. The van der Waals surface area contributed by atoms with Gasteiger partial charge < -0.3 is 9.84 Å². The monoisotopic (exact) mass is 347 g/mol. The molecule has 124 valence electrons. The summed E-state index contributed by atoms with van der Waals surface area (Å²) in [6, 6.07) is 4.14. The third-order valence-corrected chi connectivity index (χ3v) is 4.25. The van der Waals surface area contributed by atoms with Crippen LogP contribution in [-0.4, -0.2) is 24.3 Å². The van der Waals surface area contributed by atoms with E-state index < -0.39 is 31.1 Å². The van der Waals surface area contributed by atoms with E-state index in [-0.39, 0.29) is 12.2 Å². The van der Waals surface area contributed by atoms with Gasteiger partial charge in [0.15, 0.2) is 0 Å². The lowest BCUT2D eigenvalue weighted by Gasteiger charge is -2.08. The van der Waals surface area contributed by atoms with E-state index in [1.807, 2.05) is 0 Å². The predicted molar refractivity (Wildman–Crippen MR) is 74.9 cm³/mol. The Hall–Kier alpha value is -2.56. The Morgan fingerprint density at radius 1 is 1.39 bits per heavy atom. The van der Waals surface area contributed by atoms with Gasteiger partial charge in [0.25, 0.3) is 5.69 Å². The molecule has 0 fully saturated rings. The van der Waals surface area contributed by atoms with Gasteiger partial charge in [-0.3, -0.25) is 10.1 Å². The molecule has 0 unspecified atom stereocenters. The number of alkyl halides is 2. The summed E-state index contributed by atoms with van der Waals surface area (Å²) in [5, 5.41) is 17.4. The first-order chi connectivity index (χ1) is 10.7. The van der Waals surface area contributed by atoms with Crippen molar-refractivity contribution in [1.82, 2.24) is 5.16 Å². The lowest BCUT2D eigenvalue weighted by Crippen LogP contribution is -2.12.